The summed E-state index contributed by atoms with van der Waals surface area (Å²) in [5.41, 5.74) is 0.135. The topological polar surface area (TPSA) is 37.0 Å². The number of hydrogen-bond acceptors (Lipinski definition) is 2. The van der Waals surface area contributed by atoms with Gasteiger partial charge >= 0.3 is 6.18 Å². The second-order valence-electron chi connectivity index (χ2n) is 6.16. The van der Waals surface area contributed by atoms with Gasteiger partial charge in [0, 0.05) is 11.9 Å². The number of benzene rings is 1. The van der Waals surface area contributed by atoms with Gasteiger partial charge in [0.2, 0.25) is 0 Å². The Morgan fingerprint density at radius 3 is 2.48 bits per heavy atom. The molecule has 0 spiro atoms. The van der Waals surface area contributed by atoms with Crippen molar-refractivity contribution in [2.45, 2.75) is 37.4 Å². The Hall–Kier alpha value is -2.15. The van der Waals surface area contributed by atoms with Gasteiger partial charge in [0.15, 0.2) is 5.11 Å². The molecule has 1 aromatic carbocycles. The van der Waals surface area contributed by atoms with Gasteiger partial charge in [0.1, 0.15) is 0 Å². The molecule has 3 nitrogen and oxygen atoms in total. The van der Waals surface area contributed by atoms with Crippen LogP contribution in [-0.2, 0) is 11.7 Å². The normalized spacial score (nSPS) is 16.4. The lowest BCUT2D eigenvalue weighted by Crippen LogP contribution is -2.46. The molecule has 0 amide bonds. The average molecular weight is 365 g/mol. The fourth-order valence-electron chi connectivity index (χ4n) is 3.22. The van der Waals surface area contributed by atoms with E-state index in [1.807, 2.05) is 18.2 Å². The number of nitrogens with zero attached hydrogens (tertiary/aromatic N) is 1. The lowest BCUT2D eigenvalue weighted by molar-refractivity contribution is -0.137. The molecule has 0 bridgehead atoms. The first-order chi connectivity index (χ1) is 11.9. The van der Waals surface area contributed by atoms with Crippen molar-refractivity contribution in [3.05, 3.63) is 59.9 Å². The van der Waals surface area contributed by atoms with E-state index < -0.39 is 11.7 Å². The highest BCUT2D eigenvalue weighted by Gasteiger charge is 2.37. The summed E-state index contributed by atoms with van der Waals surface area (Å²) in [7, 11) is 0. The van der Waals surface area contributed by atoms with Crippen molar-refractivity contribution in [2.24, 2.45) is 0 Å². The molecule has 0 atom stereocenters. The van der Waals surface area contributed by atoms with Crippen molar-refractivity contribution in [1.29, 1.82) is 0 Å². The number of nitrogens with one attached hydrogen (secondary N) is 2. The number of rotatable bonds is 3. The van der Waals surface area contributed by atoms with Crippen LogP contribution < -0.4 is 10.6 Å². The van der Waals surface area contributed by atoms with Crippen LogP contribution in [0.2, 0.25) is 0 Å². The number of alkyl halides is 3. The molecule has 3 rings (SSSR count). The second kappa shape index (κ2) is 7.00. The van der Waals surface area contributed by atoms with Gasteiger partial charge in [0.05, 0.1) is 16.8 Å². The predicted octanol–water partition coefficient (Wildman–Crippen LogP) is 4.86. The SMILES string of the molecule is FC(F)(F)c1cccc(NC(=S)NC2(c3ccccn3)CCCC2)c1. The third kappa shape index (κ3) is 4.10. The number of aromatic nitrogens is 1. The molecule has 1 fully saturated rings. The van der Waals surface area contributed by atoms with E-state index in [-0.39, 0.29) is 5.54 Å². The van der Waals surface area contributed by atoms with E-state index in [2.05, 4.69) is 15.6 Å². The molecular weight excluding hydrogens is 347 g/mol. The molecule has 0 aliphatic heterocycles. The zero-order valence-electron chi connectivity index (χ0n) is 13.4. The van der Waals surface area contributed by atoms with Crippen LogP contribution in [0.15, 0.2) is 48.7 Å². The van der Waals surface area contributed by atoms with E-state index >= 15 is 0 Å². The van der Waals surface area contributed by atoms with Crippen LogP contribution >= 0.6 is 12.2 Å². The highest BCUT2D eigenvalue weighted by atomic mass is 32.1. The Labute approximate surface area is 149 Å². The average Bonchev–Trinajstić information content (AvgIpc) is 3.04. The monoisotopic (exact) mass is 365 g/mol. The Balaban J connectivity index is 1.75. The molecule has 25 heavy (non-hydrogen) atoms. The van der Waals surface area contributed by atoms with Gasteiger partial charge in [-0.2, -0.15) is 13.2 Å². The number of thiocarbonyl (C=S) groups is 1. The quantitative estimate of drug-likeness (QED) is 0.762. The Kier molecular flexibility index (Phi) is 4.94. The summed E-state index contributed by atoms with van der Waals surface area (Å²) in [4.78, 5) is 4.44. The molecule has 1 aliphatic rings. The van der Waals surface area contributed by atoms with Gasteiger partial charge in [0.25, 0.3) is 0 Å². The first-order valence-electron chi connectivity index (χ1n) is 8.07. The zero-order valence-corrected chi connectivity index (χ0v) is 14.3. The van der Waals surface area contributed by atoms with Crippen molar-refractivity contribution in [3.63, 3.8) is 0 Å². The van der Waals surface area contributed by atoms with Gasteiger partial charge in [-0.15, -0.1) is 0 Å². The van der Waals surface area contributed by atoms with Gasteiger partial charge in [-0.1, -0.05) is 25.0 Å². The first-order valence-corrected chi connectivity index (χ1v) is 8.48. The Morgan fingerprint density at radius 1 is 1.08 bits per heavy atom. The van der Waals surface area contributed by atoms with E-state index in [1.165, 1.54) is 6.07 Å². The second-order valence-corrected chi connectivity index (χ2v) is 6.57. The van der Waals surface area contributed by atoms with Crippen molar-refractivity contribution >= 4 is 23.0 Å². The summed E-state index contributed by atoms with van der Waals surface area (Å²) in [6, 6.07) is 10.7. The summed E-state index contributed by atoms with van der Waals surface area (Å²) in [6.07, 6.45) is 1.22. The molecule has 1 aliphatic carbocycles. The smallest absolute Gasteiger partial charge is 0.351 e. The maximum absolute atomic E-state index is 12.8. The molecule has 0 unspecified atom stereocenters. The van der Waals surface area contributed by atoms with Gasteiger partial charge < -0.3 is 10.6 Å². The van der Waals surface area contributed by atoms with Crippen molar-refractivity contribution < 1.29 is 13.2 Å². The summed E-state index contributed by atoms with van der Waals surface area (Å²) in [6.45, 7) is 0. The zero-order chi connectivity index (χ0) is 17.9. The molecule has 1 saturated carbocycles. The van der Waals surface area contributed by atoms with Gasteiger partial charge in [-0.25, -0.2) is 0 Å². The first kappa shape index (κ1) is 17.7. The third-order valence-electron chi connectivity index (χ3n) is 4.41. The van der Waals surface area contributed by atoms with E-state index in [0.29, 0.717) is 10.8 Å². The van der Waals surface area contributed by atoms with Gasteiger partial charge in [-0.05, 0) is 55.4 Å². The molecule has 1 heterocycles. The lowest BCUT2D eigenvalue weighted by Gasteiger charge is -2.31. The number of hydrogen-bond donors (Lipinski definition) is 2. The third-order valence-corrected chi connectivity index (χ3v) is 4.62. The van der Waals surface area contributed by atoms with Crippen LogP contribution in [0.5, 0.6) is 0 Å². The van der Waals surface area contributed by atoms with Crippen molar-refractivity contribution in [2.75, 3.05) is 5.32 Å². The van der Waals surface area contributed by atoms with Crippen LogP contribution in [0.25, 0.3) is 0 Å². The van der Waals surface area contributed by atoms with E-state index in [4.69, 9.17) is 12.2 Å². The Morgan fingerprint density at radius 2 is 1.84 bits per heavy atom. The largest absolute Gasteiger partial charge is 0.416 e. The molecule has 7 heteroatoms. The summed E-state index contributed by atoms with van der Waals surface area (Å²) >= 11 is 5.35. The number of anilines is 1. The standard InChI is InChI=1S/C18H18F3N3S/c19-18(20,21)13-6-5-7-14(12-13)23-16(25)24-17(9-2-3-10-17)15-8-1-4-11-22-15/h1,4-8,11-12H,2-3,9-10H2,(H2,23,24,25). The molecule has 2 aromatic rings. The summed E-state index contributed by atoms with van der Waals surface area (Å²) in [5, 5.41) is 6.46. The van der Waals surface area contributed by atoms with E-state index in [0.717, 1.165) is 43.5 Å². The molecule has 1 aromatic heterocycles. The van der Waals surface area contributed by atoms with Crippen molar-refractivity contribution in [1.82, 2.24) is 10.3 Å². The molecule has 2 N–H and O–H groups in total. The predicted molar refractivity (Wildman–Crippen MR) is 95.2 cm³/mol. The molecule has 0 saturated heterocycles. The number of pyridine rings is 1. The van der Waals surface area contributed by atoms with Crippen LogP contribution in [0.1, 0.15) is 36.9 Å². The highest BCUT2D eigenvalue weighted by Crippen LogP contribution is 2.38. The maximum Gasteiger partial charge on any atom is 0.416 e. The minimum atomic E-state index is -4.38. The van der Waals surface area contributed by atoms with Gasteiger partial charge in [-0.3, -0.25) is 4.98 Å². The summed E-state index contributed by atoms with van der Waals surface area (Å²) in [5.74, 6) is 0. The van der Waals surface area contributed by atoms with E-state index in [1.54, 1.807) is 12.3 Å². The van der Waals surface area contributed by atoms with Crippen LogP contribution in [0.4, 0.5) is 18.9 Å². The maximum atomic E-state index is 12.8. The number of halogens is 3. The van der Waals surface area contributed by atoms with Crippen molar-refractivity contribution in [3.8, 4) is 0 Å². The Bertz CT molecular complexity index is 741. The molecular formula is C18H18F3N3S. The van der Waals surface area contributed by atoms with E-state index in [9.17, 15) is 13.2 Å². The van der Waals surface area contributed by atoms with Crippen LogP contribution in [0.3, 0.4) is 0 Å². The fourth-order valence-corrected chi connectivity index (χ4v) is 3.54. The molecule has 0 radical (unpaired) electrons. The minimum Gasteiger partial charge on any atom is -0.351 e. The van der Waals surface area contributed by atoms with Crippen LogP contribution in [0, 0.1) is 0 Å². The highest BCUT2D eigenvalue weighted by molar-refractivity contribution is 7.80. The fraction of sp³-hybridized carbons (Fsp3) is 0.333. The summed E-state index contributed by atoms with van der Waals surface area (Å²) < 4.78 is 38.5. The lowest BCUT2D eigenvalue weighted by atomic mass is 9.93. The minimum absolute atomic E-state index is 0.298. The molecule has 132 valence electrons. The van der Waals surface area contributed by atoms with Crippen LogP contribution in [-0.4, -0.2) is 10.1 Å².